The number of carbonyl (C=O) groups excluding carboxylic acids is 1. The van der Waals surface area contributed by atoms with Gasteiger partial charge in [-0.05, 0) is 0 Å². The average Bonchev–Trinajstić information content (AvgIpc) is 1.80. The molecule has 0 aromatic rings. The average molecular weight is 185 g/mol. The molecule has 1 atom stereocenters. The number of amides is 1. The van der Waals surface area contributed by atoms with Gasteiger partial charge in [0.05, 0.1) is 6.54 Å². The summed E-state index contributed by atoms with van der Waals surface area (Å²) in [4.78, 5) is 10.1. The third kappa shape index (κ3) is 4.68. The first-order valence-electron chi connectivity index (χ1n) is 2.69. The van der Waals surface area contributed by atoms with E-state index in [0.717, 1.165) is 6.92 Å². The molecule has 0 aromatic carbocycles. The second-order valence-electron chi connectivity index (χ2n) is 1.86. The SMILES string of the molecule is CC(=O)NCC(F)S(=O)(=O)O. The van der Waals surface area contributed by atoms with E-state index in [4.69, 9.17) is 4.55 Å². The Morgan fingerprint density at radius 2 is 2.18 bits per heavy atom. The molecule has 1 amide bonds. The second kappa shape index (κ2) is 3.63. The van der Waals surface area contributed by atoms with Crippen LogP contribution in [0.15, 0.2) is 0 Å². The number of carbonyl (C=O) groups is 1. The lowest BCUT2D eigenvalue weighted by molar-refractivity contribution is -0.119. The smallest absolute Gasteiger partial charge is 0.299 e. The number of hydrogen-bond donors (Lipinski definition) is 2. The molecular formula is C4H8FNO4S. The van der Waals surface area contributed by atoms with Gasteiger partial charge in [-0.1, -0.05) is 0 Å². The summed E-state index contributed by atoms with van der Waals surface area (Å²) in [7, 11) is -4.68. The Kier molecular flexibility index (Phi) is 3.40. The number of hydrogen-bond acceptors (Lipinski definition) is 3. The number of rotatable bonds is 3. The van der Waals surface area contributed by atoms with Crippen molar-refractivity contribution in [3.05, 3.63) is 0 Å². The van der Waals surface area contributed by atoms with Crippen molar-refractivity contribution in [2.24, 2.45) is 0 Å². The minimum absolute atomic E-state index is 0.559. The van der Waals surface area contributed by atoms with Crippen molar-refractivity contribution >= 4 is 16.0 Å². The monoisotopic (exact) mass is 185 g/mol. The minimum Gasteiger partial charge on any atom is -0.352 e. The summed E-state index contributed by atoms with van der Waals surface area (Å²) in [6, 6.07) is 0. The first kappa shape index (κ1) is 10.3. The van der Waals surface area contributed by atoms with Crippen molar-refractivity contribution in [3.8, 4) is 0 Å². The van der Waals surface area contributed by atoms with Crippen LogP contribution in [-0.4, -0.2) is 30.9 Å². The van der Waals surface area contributed by atoms with Gasteiger partial charge in [-0.25, -0.2) is 4.39 Å². The van der Waals surface area contributed by atoms with Crippen LogP contribution in [-0.2, 0) is 14.9 Å². The van der Waals surface area contributed by atoms with E-state index in [0.29, 0.717) is 0 Å². The van der Waals surface area contributed by atoms with Crippen molar-refractivity contribution in [1.82, 2.24) is 5.32 Å². The van der Waals surface area contributed by atoms with Gasteiger partial charge in [0.15, 0.2) is 0 Å². The van der Waals surface area contributed by atoms with Crippen LogP contribution in [0.25, 0.3) is 0 Å². The zero-order valence-corrected chi connectivity index (χ0v) is 6.56. The fraction of sp³-hybridized carbons (Fsp3) is 0.750. The van der Waals surface area contributed by atoms with Crippen molar-refractivity contribution in [1.29, 1.82) is 0 Å². The Labute approximate surface area is 63.3 Å². The van der Waals surface area contributed by atoms with Crippen LogP contribution in [0.3, 0.4) is 0 Å². The molecule has 0 fully saturated rings. The summed E-state index contributed by atoms with van der Waals surface area (Å²) in [6.07, 6.45) is 0. The fourth-order valence-corrected chi connectivity index (χ4v) is 0.623. The maximum atomic E-state index is 12.2. The highest BCUT2D eigenvalue weighted by Gasteiger charge is 2.21. The fourth-order valence-electron chi connectivity index (χ4n) is 0.329. The predicted molar refractivity (Wildman–Crippen MR) is 35.1 cm³/mol. The van der Waals surface area contributed by atoms with Crippen LogP contribution in [0.5, 0.6) is 0 Å². The Morgan fingerprint density at radius 1 is 1.73 bits per heavy atom. The molecule has 11 heavy (non-hydrogen) atoms. The van der Waals surface area contributed by atoms with Crippen LogP contribution in [0.2, 0.25) is 0 Å². The van der Waals surface area contributed by atoms with Crippen LogP contribution in [0.1, 0.15) is 6.92 Å². The topological polar surface area (TPSA) is 83.5 Å². The maximum Gasteiger partial charge on any atom is 0.299 e. The third-order valence-electron chi connectivity index (χ3n) is 0.835. The standard InChI is InChI=1S/C4H8FNO4S/c1-3(7)6-2-4(5)11(8,9)10/h4H,2H2,1H3,(H,6,7)(H,8,9,10). The van der Waals surface area contributed by atoms with E-state index in [1.54, 1.807) is 0 Å². The van der Waals surface area contributed by atoms with Gasteiger partial charge in [0, 0.05) is 6.92 Å². The van der Waals surface area contributed by atoms with Crippen LogP contribution >= 0.6 is 0 Å². The summed E-state index contributed by atoms with van der Waals surface area (Å²) >= 11 is 0. The van der Waals surface area contributed by atoms with Gasteiger partial charge in [0.25, 0.3) is 10.1 Å². The summed E-state index contributed by atoms with van der Waals surface area (Å²) in [5.74, 6) is -0.559. The van der Waals surface area contributed by atoms with Crippen LogP contribution < -0.4 is 5.32 Å². The van der Waals surface area contributed by atoms with Crippen LogP contribution in [0.4, 0.5) is 4.39 Å². The van der Waals surface area contributed by atoms with Gasteiger partial charge in [-0.3, -0.25) is 9.35 Å². The third-order valence-corrected chi connectivity index (χ3v) is 1.65. The van der Waals surface area contributed by atoms with E-state index < -0.39 is 28.1 Å². The molecule has 0 aliphatic carbocycles. The van der Waals surface area contributed by atoms with Crippen molar-refractivity contribution in [2.45, 2.75) is 12.4 Å². The molecule has 0 saturated carbocycles. The molecule has 0 rings (SSSR count). The Morgan fingerprint density at radius 3 is 2.45 bits per heavy atom. The van der Waals surface area contributed by atoms with E-state index in [9.17, 15) is 17.6 Å². The summed E-state index contributed by atoms with van der Waals surface area (Å²) in [5.41, 5.74) is -2.45. The minimum atomic E-state index is -4.68. The molecule has 66 valence electrons. The molecular weight excluding hydrogens is 177 g/mol. The molecule has 5 nitrogen and oxygen atoms in total. The zero-order chi connectivity index (χ0) is 9.07. The number of halogens is 1. The Hall–Kier alpha value is -0.690. The second-order valence-corrected chi connectivity index (χ2v) is 3.40. The molecule has 0 aromatic heterocycles. The molecule has 7 heteroatoms. The molecule has 2 N–H and O–H groups in total. The van der Waals surface area contributed by atoms with Crippen molar-refractivity contribution in [3.63, 3.8) is 0 Å². The Bertz CT molecular complexity index is 236. The van der Waals surface area contributed by atoms with E-state index in [1.165, 1.54) is 0 Å². The highest BCUT2D eigenvalue weighted by molar-refractivity contribution is 7.86. The van der Waals surface area contributed by atoms with Gasteiger partial charge in [-0.15, -0.1) is 0 Å². The molecule has 0 saturated heterocycles. The van der Waals surface area contributed by atoms with Gasteiger partial charge in [-0.2, -0.15) is 8.42 Å². The largest absolute Gasteiger partial charge is 0.352 e. The Balaban J connectivity index is 3.90. The van der Waals surface area contributed by atoms with Gasteiger partial charge < -0.3 is 5.32 Å². The van der Waals surface area contributed by atoms with E-state index in [2.05, 4.69) is 0 Å². The van der Waals surface area contributed by atoms with Crippen molar-refractivity contribution in [2.75, 3.05) is 6.54 Å². The first-order chi connectivity index (χ1) is 4.84. The summed E-state index contributed by atoms with van der Waals surface area (Å²) in [5, 5.41) is 1.90. The molecule has 0 aliphatic rings. The van der Waals surface area contributed by atoms with Gasteiger partial charge in [0.2, 0.25) is 11.4 Å². The molecule has 0 aliphatic heterocycles. The van der Waals surface area contributed by atoms with Gasteiger partial charge >= 0.3 is 0 Å². The van der Waals surface area contributed by atoms with Gasteiger partial charge in [0.1, 0.15) is 0 Å². The quantitative estimate of drug-likeness (QED) is 0.570. The molecule has 0 spiro atoms. The molecule has 0 heterocycles. The molecule has 0 radical (unpaired) electrons. The highest BCUT2D eigenvalue weighted by atomic mass is 32.2. The lowest BCUT2D eigenvalue weighted by atomic mass is 10.6. The highest BCUT2D eigenvalue weighted by Crippen LogP contribution is 1.97. The number of nitrogens with one attached hydrogen (secondary N) is 1. The van der Waals surface area contributed by atoms with Crippen LogP contribution in [0, 0.1) is 0 Å². The van der Waals surface area contributed by atoms with E-state index >= 15 is 0 Å². The van der Waals surface area contributed by atoms with E-state index in [-0.39, 0.29) is 0 Å². The summed E-state index contributed by atoms with van der Waals surface area (Å²) in [6.45, 7) is 0.380. The molecule has 0 bridgehead atoms. The lowest BCUT2D eigenvalue weighted by Crippen LogP contribution is -2.32. The first-order valence-corrected chi connectivity index (χ1v) is 4.19. The van der Waals surface area contributed by atoms with E-state index in [1.807, 2.05) is 5.32 Å². The van der Waals surface area contributed by atoms with Crippen molar-refractivity contribution < 1.29 is 22.2 Å². The predicted octanol–water partition coefficient (Wildman–Crippen LogP) is -0.694. The lowest BCUT2D eigenvalue weighted by Gasteiger charge is -2.03. The number of alkyl halides is 1. The molecule has 1 unspecified atom stereocenters. The maximum absolute atomic E-state index is 12.2. The normalized spacial score (nSPS) is 14.1. The zero-order valence-electron chi connectivity index (χ0n) is 5.74. The summed E-state index contributed by atoms with van der Waals surface area (Å²) < 4.78 is 40.2.